The average molecular weight is 407 g/mol. The van der Waals surface area contributed by atoms with Crippen LogP contribution in [-0.4, -0.2) is 33.9 Å². The molecule has 1 aliphatic heterocycles. The first-order valence-corrected chi connectivity index (χ1v) is 9.70. The summed E-state index contributed by atoms with van der Waals surface area (Å²) < 4.78 is 3.15. The average Bonchev–Trinajstić information content (AvgIpc) is 3.27. The Morgan fingerprint density at radius 3 is 3.04 bits per heavy atom. The topological polar surface area (TPSA) is 79.2 Å². The van der Waals surface area contributed by atoms with Gasteiger partial charge in [0.15, 0.2) is 0 Å². The molecule has 2 aromatic heterocycles. The molecule has 0 aliphatic carbocycles. The van der Waals surface area contributed by atoms with Crippen molar-refractivity contribution in [2.45, 2.75) is 32.0 Å². The number of halogens is 1. The van der Waals surface area contributed by atoms with Crippen molar-refractivity contribution in [3.05, 3.63) is 52.7 Å². The molecule has 0 saturated carbocycles. The van der Waals surface area contributed by atoms with Crippen molar-refractivity contribution in [2.75, 3.05) is 13.1 Å². The summed E-state index contributed by atoms with van der Waals surface area (Å²) in [7, 11) is 0. The Hall–Kier alpha value is -1.93. The Balaban J connectivity index is 0.00000210. The van der Waals surface area contributed by atoms with Crippen LogP contribution in [0.3, 0.4) is 0 Å². The van der Waals surface area contributed by atoms with Gasteiger partial charge in [0.05, 0.1) is 17.9 Å². The number of hydrogen-bond donors (Lipinski definition) is 3. The lowest BCUT2D eigenvalue weighted by atomic mass is 10.2. The van der Waals surface area contributed by atoms with Crippen LogP contribution >= 0.6 is 23.7 Å². The van der Waals surface area contributed by atoms with E-state index in [0.29, 0.717) is 12.8 Å². The number of nitrogens with zero attached hydrogens (tertiary/aromatic N) is 2. The third-order valence-electron chi connectivity index (χ3n) is 4.59. The Kier molecular flexibility index (Phi) is 6.49. The lowest BCUT2D eigenvalue weighted by molar-refractivity contribution is -0.121. The molecule has 3 N–H and O–H groups in total. The van der Waals surface area contributed by atoms with Gasteiger partial charge in [0.25, 0.3) is 0 Å². The molecule has 3 aromatic rings. The number of carbonyl (C=O) groups excluding carboxylic acids is 1. The number of amides is 1. The minimum atomic E-state index is -0.678. The third kappa shape index (κ3) is 4.68. The first-order chi connectivity index (χ1) is 12.7. The number of aryl methyl sites for hydroxylation is 1. The van der Waals surface area contributed by atoms with E-state index in [4.69, 9.17) is 0 Å². The van der Waals surface area contributed by atoms with E-state index in [1.54, 1.807) is 11.3 Å². The fourth-order valence-corrected chi connectivity index (χ4v) is 4.23. The molecule has 0 bridgehead atoms. The number of carbonyl (C=O) groups is 1. The summed E-state index contributed by atoms with van der Waals surface area (Å²) >= 11 is 1.56. The molecule has 1 atom stereocenters. The molecule has 1 amide bonds. The zero-order valence-corrected chi connectivity index (χ0v) is 16.5. The van der Waals surface area contributed by atoms with Gasteiger partial charge in [0.2, 0.25) is 5.91 Å². The summed E-state index contributed by atoms with van der Waals surface area (Å²) in [5.74, 6) is -0.0609. The fraction of sp³-hybridized carbons (Fsp3) is 0.368. The molecule has 0 fully saturated rings. The van der Waals surface area contributed by atoms with Gasteiger partial charge in [0.1, 0.15) is 6.10 Å². The van der Waals surface area contributed by atoms with Crippen LogP contribution in [0.2, 0.25) is 0 Å². The number of aliphatic hydroxyl groups is 1. The Morgan fingerprint density at radius 2 is 2.22 bits per heavy atom. The zero-order valence-electron chi connectivity index (χ0n) is 14.9. The second kappa shape index (κ2) is 8.84. The molecule has 0 radical (unpaired) electrons. The van der Waals surface area contributed by atoms with Crippen molar-refractivity contribution in [1.82, 2.24) is 20.4 Å². The van der Waals surface area contributed by atoms with Crippen LogP contribution in [0.15, 0.2) is 36.4 Å². The molecular weight excluding hydrogens is 384 g/mol. The second-order valence-electron chi connectivity index (χ2n) is 6.53. The summed E-state index contributed by atoms with van der Waals surface area (Å²) in [4.78, 5) is 13.0. The van der Waals surface area contributed by atoms with Crippen molar-refractivity contribution in [2.24, 2.45) is 0 Å². The molecule has 1 aromatic carbocycles. The molecule has 0 saturated heterocycles. The Morgan fingerprint density at radius 1 is 1.37 bits per heavy atom. The monoisotopic (exact) mass is 406 g/mol. The number of nitrogens with one attached hydrogen (secondary N) is 2. The fourth-order valence-electron chi connectivity index (χ4n) is 3.18. The van der Waals surface area contributed by atoms with Gasteiger partial charge in [-0.2, -0.15) is 5.10 Å². The maximum atomic E-state index is 12.1. The van der Waals surface area contributed by atoms with Gasteiger partial charge < -0.3 is 15.7 Å². The summed E-state index contributed by atoms with van der Waals surface area (Å²) in [6.07, 6.45) is 0.315. The largest absolute Gasteiger partial charge is 0.386 e. The lowest BCUT2D eigenvalue weighted by Crippen LogP contribution is -2.28. The number of benzene rings is 1. The quantitative estimate of drug-likeness (QED) is 0.587. The van der Waals surface area contributed by atoms with Crippen LogP contribution in [0.5, 0.6) is 0 Å². The first kappa shape index (κ1) is 19.8. The van der Waals surface area contributed by atoms with E-state index in [1.807, 2.05) is 35.0 Å². The summed E-state index contributed by atoms with van der Waals surface area (Å²) in [5.41, 5.74) is 2.12. The van der Waals surface area contributed by atoms with E-state index in [-0.39, 0.29) is 24.9 Å². The smallest absolute Gasteiger partial charge is 0.220 e. The van der Waals surface area contributed by atoms with Crippen molar-refractivity contribution in [3.63, 3.8) is 0 Å². The maximum absolute atomic E-state index is 12.1. The minimum Gasteiger partial charge on any atom is -0.386 e. The van der Waals surface area contributed by atoms with E-state index >= 15 is 0 Å². The normalized spacial score (nSPS) is 14.4. The van der Waals surface area contributed by atoms with Gasteiger partial charge in [-0.25, -0.2) is 0 Å². The van der Waals surface area contributed by atoms with Gasteiger partial charge in [-0.05, 0) is 23.6 Å². The summed E-state index contributed by atoms with van der Waals surface area (Å²) in [6.45, 7) is 2.88. The van der Waals surface area contributed by atoms with Crippen LogP contribution in [0.1, 0.15) is 28.8 Å². The van der Waals surface area contributed by atoms with E-state index in [0.717, 1.165) is 40.3 Å². The number of aromatic nitrogens is 2. The number of hydrogen-bond acceptors (Lipinski definition) is 5. The van der Waals surface area contributed by atoms with Crippen LogP contribution in [-0.2, 0) is 24.3 Å². The second-order valence-corrected chi connectivity index (χ2v) is 7.65. The molecule has 8 heteroatoms. The molecule has 144 valence electrons. The minimum absolute atomic E-state index is 0. The molecule has 1 aliphatic rings. The van der Waals surface area contributed by atoms with Crippen LogP contribution in [0, 0.1) is 0 Å². The van der Waals surface area contributed by atoms with E-state index in [2.05, 4.69) is 21.8 Å². The first-order valence-electron chi connectivity index (χ1n) is 8.88. The van der Waals surface area contributed by atoms with E-state index in [1.165, 1.54) is 5.69 Å². The molecule has 6 nitrogen and oxygen atoms in total. The standard InChI is InChI=1S/C19H22N4O2S.ClH/c24-16(18-9-13-3-1-2-4-17(13)26-18)12-21-19(25)6-5-14-10-15-11-20-7-8-23(15)22-14;/h1-4,9-10,16,20,24H,5-8,11-12H2,(H,21,25);1H. The zero-order chi connectivity index (χ0) is 17.9. The molecule has 4 rings (SSSR count). The van der Waals surface area contributed by atoms with Gasteiger partial charge in [-0.1, -0.05) is 18.2 Å². The lowest BCUT2D eigenvalue weighted by Gasteiger charge is -2.13. The summed E-state index contributed by atoms with van der Waals surface area (Å²) in [5, 5.41) is 22.1. The van der Waals surface area contributed by atoms with Gasteiger partial charge in [0, 0.05) is 42.1 Å². The van der Waals surface area contributed by atoms with Crippen molar-refractivity contribution < 1.29 is 9.90 Å². The highest BCUT2D eigenvalue weighted by molar-refractivity contribution is 7.19. The predicted octanol–water partition coefficient (Wildman–Crippen LogP) is 2.41. The number of rotatable bonds is 6. The van der Waals surface area contributed by atoms with Crippen LogP contribution in [0.4, 0.5) is 0 Å². The highest BCUT2D eigenvalue weighted by atomic mass is 35.5. The molecular formula is C19H23ClN4O2S. The van der Waals surface area contributed by atoms with E-state index in [9.17, 15) is 9.90 Å². The SMILES string of the molecule is Cl.O=C(CCc1cc2n(n1)CCNC2)NCC(O)c1cc2ccccc2s1. The predicted molar refractivity (Wildman–Crippen MR) is 109 cm³/mol. The van der Waals surface area contributed by atoms with Crippen molar-refractivity contribution in [3.8, 4) is 0 Å². The molecule has 1 unspecified atom stereocenters. The Labute approximate surface area is 168 Å². The molecule has 27 heavy (non-hydrogen) atoms. The Bertz CT molecular complexity index is 867. The van der Waals surface area contributed by atoms with Crippen LogP contribution < -0.4 is 10.6 Å². The van der Waals surface area contributed by atoms with Crippen molar-refractivity contribution in [1.29, 1.82) is 0 Å². The van der Waals surface area contributed by atoms with Crippen molar-refractivity contribution >= 4 is 39.7 Å². The number of thiophene rings is 1. The van der Waals surface area contributed by atoms with Crippen LogP contribution in [0.25, 0.3) is 10.1 Å². The van der Waals surface area contributed by atoms with Gasteiger partial charge in [-0.3, -0.25) is 9.48 Å². The molecule has 0 spiro atoms. The molecule has 3 heterocycles. The highest BCUT2D eigenvalue weighted by Gasteiger charge is 2.15. The number of aliphatic hydroxyl groups excluding tert-OH is 1. The highest BCUT2D eigenvalue weighted by Crippen LogP contribution is 2.29. The van der Waals surface area contributed by atoms with E-state index < -0.39 is 6.10 Å². The maximum Gasteiger partial charge on any atom is 0.220 e. The van der Waals surface area contributed by atoms with Gasteiger partial charge in [-0.15, -0.1) is 23.7 Å². The summed E-state index contributed by atoms with van der Waals surface area (Å²) in [6, 6.07) is 12.1. The number of fused-ring (bicyclic) bond motifs is 2. The third-order valence-corrected chi connectivity index (χ3v) is 5.81. The van der Waals surface area contributed by atoms with Gasteiger partial charge >= 0.3 is 0 Å².